The van der Waals surface area contributed by atoms with Crippen molar-refractivity contribution in [1.82, 2.24) is 24.9 Å². The molecule has 1 atom stereocenters. The number of hydrogen-bond acceptors (Lipinski definition) is 7. The lowest BCUT2D eigenvalue weighted by Crippen LogP contribution is -2.42. The van der Waals surface area contributed by atoms with Crippen molar-refractivity contribution in [3.63, 3.8) is 0 Å². The standard InChI is InChI=1S/C29H41F3N6O2S/c30-29(31,32)24-5-4-21(16-26(24)41-15-14-36-10-2-1-3-11-36)27-23-17-34-9-6-25(23)38(35-27)19-22(39)18-37-12-7-20(8-13-37)28(33)40/h4-5,16,20,22,34,39H,1-3,6-15,17-19H2,(H2,33,40). The predicted molar refractivity (Wildman–Crippen MR) is 153 cm³/mol. The van der Waals surface area contributed by atoms with Crippen molar-refractivity contribution in [3.8, 4) is 11.3 Å². The lowest BCUT2D eigenvalue weighted by Gasteiger charge is -2.32. The summed E-state index contributed by atoms with van der Waals surface area (Å²) in [6.07, 6.45) is 0.557. The minimum Gasteiger partial charge on any atom is -0.390 e. The molecule has 2 saturated heterocycles. The van der Waals surface area contributed by atoms with Crippen LogP contribution in [0, 0.1) is 5.92 Å². The van der Waals surface area contributed by atoms with Crippen molar-refractivity contribution in [2.45, 2.75) is 68.8 Å². The van der Waals surface area contributed by atoms with E-state index < -0.39 is 17.8 Å². The number of benzene rings is 1. The van der Waals surface area contributed by atoms with Gasteiger partial charge < -0.3 is 26.0 Å². The van der Waals surface area contributed by atoms with E-state index in [0.717, 1.165) is 56.7 Å². The van der Waals surface area contributed by atoms with Gasteiger partial charge in [0.15, 0.2) is 0 Å². The van der Waals surface area contributed by atoms with Gasteiger partial charge in [-0.25, -0.2) is 0 Å². The fraction of sp³-hybridized carbons (Fsp3) is 0.655. The number of carbonyl (C=O) groups excluding carboxylic acids is 1. The Morgan fingerprint density at radius 1 is 1.12 bits per heavy atom. The van der Waals surface area contributed by atoms with Crippen molar-refractivity contribution in [2.24, 2.45) is 11.7 Å². The van der Waals surface area contributed by atoms with Crippen molar-refractivity contribution >= 4 is 17.7 Å². The monoisotopic (exact) mass is 594 g/mol. The van der Waals surface area contributed by atoms with Crippen LogP contribution in [0.2, 0.25) is 0 Å². The van der Waals surface area contributed by atoms with Crippen LogP contribution in [0.5, 0.6) is 0 Å². The first-order valence-electron chi connectivity index (χ1n) is 14.7. The van der Waals surface area contributed by atoms with E-state index in [-0.39, 0.29) is 16.7 Å². The number of aromatic nitrogens is 2. The number of amides is 1. The summed E-state index contributed by atoms with van der Waals surface area (Å²) in [7, 11) is 0. The van der Waals surface area contributed by atoms with Crippen molar-refractivity contribution in [1.29, 1.82) is 0 Å². The van der Waals surface area contributed by atoms with Crippen LogP contribution in [0.3, 0.4) is 0 Å². The Hall–Kier alpha value is -2.12. The zero-order valence-electron chi connectivity index (χ0n) is 23.5. The van der Waals surface area contributed by atoms with Gasteiger partial charge in [-0.1, -0.05) is 12.5 Å². The number of aliphatic hydroxyl groups is 1. The molecule has 5 rings (SSSR count). The summed E-state index contributed by atoms with van der Waals surface area (Å²) in [5.74, 6) is 0.234. The van der Waals surface area contributed by atoms with E-state index in [1.165, 1.54) is 30.3 Å². The Morgan fingerprint density at radius 2 is 1.88 bits per heavy atom. The Labute approximate surface area is 243 Å². The Morgan fingerprint density at radius 3 is 2.59 bits per heavy atom. The second-order valence-electron chi connectivity index (χ2n) is 11.5. The molecule has 1 unspecified atom stereocenters. The van der Waals surface area contributed by atoms with Crippen molar-refractivity contribution in [2.75, 3.05) is 51.6 Å². The molecule has 0 spiro atoms. The smallest absolute Gasteiger partial charge is 0.390 e. The summed E-state index contributed by atoms with van der Waals surface area (Å²) < 4.78 is 43.6. The number of fused-ring (bicyclic) bond motifs is 1. The third-order valence-corrected chi connectivity index (χ3v) is 9.56. The van der Waals surface area contributed by atoms with Gasteiger partial charge in [0.05, 0.1) is 23.9 Å². The third kappa shape index (κ3) is 7.64. The number of primary amides is 1. The largest absolute Gasteiger partial charge is 0.417 e. The molecule has 8 nitrogen and oxygen atoms in total. The number of rotatable bonds is 10. The highest BCUT2D eigenvalue weighted by Gasteiger charge is 2.34. The second-order valence-corrected chi connectivity index (χ2v) is 12.6. The number of alkyl halides is 3. The van der Waals surface area contributed by atoms with E-state index in [2.05, 4.69) is 15.1 Å². The van der Waals surface area contributed by atoms with E-state index in [1.54, 1.807) is 6.07 Å². The maximum absolute atomic E-state index is 13.9. The number of nitrogens with one attached hydrogen (secondary N) is 1. The number of nitrogens with two attached hydrogens (primary N) is 1. The number of likely N-dealkylation sites (tertiary alicyclic amines) is 2. The van der Waals surface area contributed by atoms with E-state index in [4.69, 9.17) is 10.8 Å². The second kappa shape index (κ2) is 13.5. The number of nitrogens with zero attached hydrogens (tertiary/aromatic N) is 4. The molecule has 41 heavy (non-hydrogen) atoms. The van der Waals surface area contributed by atoms with Crippen molar-refractivity contribution < 1.29 is 23.1 Å². The number of aliphatic hydroxyl groups excluding tert-OH is 1. The fourth-order valence-corrected chi connectivity index (χ4v) is 7.37. The first-order valence-corrected chi connectivity index (χ1v) is 15.7. The molecule has 2 aromatic rings. The molecule has 4 heterocycles. The van der Waals surface area contributed by atoms with Crippen LogP contribution in [0.4, 0.5) is 13.2 Å². The van der Waals surface area contributed by atoms with Gasteiger partial charge in [0.1, 0.15) is 0 Å². The Bertz CT molecular complexity index is 1190. The molecule has 0 radical (unpaired) electrons. The average Bonchev–Trinajstić information content (AvgIpc) is 3.31. The summed E-state index contributed by atoms with van der Waals surface area (Å²) in [5.41, 5.74) is 8.18. The summed E-state index contributed by atoms with van der Waals surface area (Å²) in [5, 5.41) is 19.2. The summed E-state index contributed by atoms with van der Waals surface area (Å²) in [6, 6.07) is 4.35. The van der Waals surface area contributed by atoms with Gasteiger partial charge in [-0.2, -0.15) is 18.3 Å². The molecule has 4 N–H and O–H groups in total. The zero-order chi connectivity index (χ0) is 29.0. The van der Waals surface area contributed by atoms with Crippen LogP contribution in [0.15, 0.2) is 23.1 Å². The van der Waals surface area contributed by atoms with Gasteiger partial charge in [-0.15, -0.1) is 11.8 Å². The summed E-state index contributed by atoms with van der Waals surface area (Å²) >= 11 is 1.27. The molecule has 2 fully saturated rings. The highest BCUT2D eigenvalue weighted by Crippen LogP contribution is 2.40. The Balaban J connectivity index is 1.32. The van der Waals surface area contributed by atoms with Gasteiger partial charge >= 0.3 is 6.18 Å². The molecule has 1 aromatic heterocycles. The third-order valence-electron chi connectivity index (χ3n) is 8.52. The minimum atomic E-state index is -4.43. The van der Waals surface area contributed by atoms with Gasteiger partial charge in [-0.3, -0.25) is 9.48 Å². The summed E-state index contributed by atoms with van der Waals surface area (Å²) in [6.45, 7) is 6.35. The Kier molecular flexibility index (Phi) is 9.96. The lowest BCUT2D eigenvalue weighted by molar-refractivity contribution is -0.139. The lowest BCUT2D eigenvalue weighted by atomic mass is 9.96. The van der Waals surface area contributed by atoms with E-state index in [9.17, 15) is 23.1 Å². The topological polar surface area (TPSA) is 99.7 Å². The minimum absolute atomic E-state index is 0.104. The molecule has 3 aliphatic rings. The van der Waals surface area contributed by atoms with E-state index in [1.807, 2.05) is 4.68 Å². The maximum Gasteiger partial charge on any atom is 0.417 e. The number of piperidine rings is 2. The van der Waals surface area contributed by atoms with E-state index in [0.29, 0.717) is 62.6 Å². The molecule has 0 bridgehead atoms. The zero-order valence-corrected chi connectivity index (χ0v) is 24.3. The number of β-amino-alcohol motifs (C(OH)–C–C–N with tert-alkyl or cyclic N) is 1. The average molecular weight is 595 g/mol. The van der Waals surface area contributed by atoms with Crippen LogP contribution in [0.25, 0.3) is 11.3 Å². The van der Waals surface area contributed by atoms with Crippen LogP contribution in [-0.2, 0) is 30.5 Å². The highest BCUT2D eigenvalue weighted by molar-refractivity contribution is 7.99. The van der Waals surface area contributed by atoms with E-state index >= 15 is 0 Å². The molecular weight excluding hydrogens is 553 g/mol. The summed E-state index contributed by atoms with van der Waals surface area (Å²) in [4.78, 5) is 16.2. The molecule has 0 aliphatic carbocycles. The van der Waals surface area contributed by atoms with Crippen LogP contribution in [-0.4, -0.2) is 88.3 Å². The highest BCUT2D eigenvalue weighted by atomic mass is 32.2. The predicted octanol–water partition coefficient (Wildman–Crippen LogP) is 3.35. The molecule has 12 heteroatoms. The molecule has 3 aliphatic heterocycles. The number of hydrogen-bond donors (Lipinski definition) is 3. The number of halogens is 3. The van der Waals surface area contributed by atoms with Crippen molar-refractivity contribution in [3.05, 3.63) is 35.0 Å². The quantitative estimate of drug-likeness (QED) is 0.363. The first kappa shape index (κ1) is 30.3. The molecule has 0 saturated carbocycles. The van der Waals surface area contributed by atoms with Crippen LogP contribution in [0.1, 0.15) is 48.9 Å². The number of carbonyl (C=O) groups is 1. The fourth-order valence-electron chi connectivity index (χ4n) is 6.25. The SMILES string of the molecule is NC(=O)C1CCN(CC(O)Cn2nc(-c3ccc(C(F)(F)F)c(SCCN4CCCCC4)c3)c3c2CCNC3)CC1. The molecule has 1 amide bonds. The van der Waals surface area contributed by atoms with Gasteiger partial charge in [-0.05, 0) is 64.0 Å². The van der Waals surface area contributed by atoms with Gasteiger partial charge in [0, 0.05) is 66.0 Å². The van der Waals surface area contributed by atoms with Crippen LogP contribution >= 0.6 is 11.8 Å². The maximum atomic E-state index is 13.9. The molecular formula is C29H41F3N6O2S. The number of thioether (sulfide) groups is 1. The normalized spacial score (nSPS) is 20.2. The van der Waals surface area contributed by atoms with Crippen LogP contribution < -0.4 is 11.1 Å². The molecule has 226 valence electrons. The van der Waals surface area contributed by atoms with Gasteiger partial charge in [0.2, 0.25) is 5.91 Å². The van der Waals surface area contributed by atoms with Gasteiger partial charge in [0.25, 0.3) is 0 Å². The molecule has 1 aromatic carbocycles. The first-order chi connectivity index (χ1) is 19.7.